The first-order valence-corrected chi connectivity index (χ1v) is 7.90. The van der Waals surface area contributed by atoms with Gasteiger partial charge in [-0.3, -0.25) is 14.9 Å². The maximum Gasteiger partial charge on any atom is 0.246 e. The van der Waals surface area contributed by atoms with Crippen molar-refractivity contribution in [1.29, 1.82) is 0 Å². The first-order chi connectivity index (χ1) is 8.83. The second-order valence-corrected chi connectivity index (χ2v) is 6.95. The minimum atomic E-state index is -3.59. The van der Waals surface area contributed by atoms with Crippen molar-refractivity contribution in [3.8, 4) is 0 Å². The van der Waals surface area contributed by atoms with Crippen molar-refractivity contribution in [3.63, 3.8) is 0 Å². The van der Waals surface area contributed by atoms with Crippen LogP contribution in [0.5, 0.6) is 0 Å². The predicted molar refractivity (Wildman–Crippen MR) is 70.3 cm³/mol. The van der Waals surface area contributed by atoms with Gasteiger partial charge in [0.1, 0.15) is 0 Å². The predicted octanol–water partition coefficient (Wildman–Crippen LogP) is 0.218. The highest BCUT2D eigenvalue weighted by Crippen LogP contribution is 2.18. The fraction of sp³-hybridized carbons (Fsp3) is 0.273. The van der Waals surface area contributed by atoms with Crippen molar-refractivity contribution in [1.82, 2.24) is 5.32 Å². The van der Waals surface area contributed by atoms with Crippen molar-refractivity contribution < 1.29 is 18.0 Å². The van der Waals surface area contributed by atoms with E-state index in [0.29, 0.717) is 11.3 Å². The quantitative estimate of drug-likeness (QED) is 0.638. The Morgan fingerprint density at radius 1 is 1.11 bits per heavy atom. The number of amides is 2. The van der Waals surface area contributed by atoms with E-state index < -0.39 is 9.05 Å². The molecule has 1 heterocycles. The Morgan fingerprint density at radius 2 is 1.63 bits per heavy atom. The minimum absolute atomic E-state index is 0.0961. The molecule has 1 aromatic carbocycles. The maximum atomic E-state index is 11.2. The molecule has 1 aromatic rings. The molecule has 0 aliphatic carbocycles. The molecule has 19 heavy (non-hydrogen) atoms. The topological polar surface area (TPSA) is 83.6 Å². The van der Waals surface area contributed by atoms with Gasteiger partial charge in [-0.05, 0) is 17.7 Å². The maximum absolute atomic E-state index is 11.2. The average molecular weight is 303 g/mol. The van der Waals surface area contributed by atoms with Gasteiger partial charge in [-0.15, -0.1) is 0 Å². The van der Waals surface area contributed by atoms with Crippen LogP contribution in [-0.4, -0.2) is 33.3 Å². The van der Waals surface area contributed by atoms with Crippen LogP contribution in [0.4, 0.5) is 5.69 Å². The standard InChI is InChI=1S/C11H11ClN2O4S/c12-19(17,18)7-8-1-3-9(4-2-8)14-5-10(15)13-11(16)6-14/h1-4H,5-7H2,(H,13,15,16). The van der Waals surface area contributed by atoms with Gasteiger partial charge in [-0.1, -0.05) is 12.1 Å². The highest BCUT2D eigenvalue weighted by atomic mass is 35.7. The molecule has 1 aliphatic rings. The van der Waals surface area contributed by atoms with Crippen LogP contribution in [0.2, 0.25) is 0 Å². The third-order valence-corrected chi connectivity index (χ3v) is 3.59. The Bertz CT molecular complexity index is 596. The zero-order valence-electron chi connectivity index (χ0n) is 9.80. The summed E-state index contributed by atoms with van der Waals surface area (Å²) in [6.45, 7) is 0.192. The van der Waals surface area contributed by atoms with Gasteiger partial charge in [-0.2, -0.15) is 0 Å². The number of piperazine rings is 1. The molecule has 1 fully saturated rings. The van der Waals surface area contributed by atoms with Crippen molar-refractivity contribution in [2.24, 2.45) is 0 Å². The fourth-order valence-electron chi connectivity index (χ4n) is 1.82. The lowest BCUT2D eigenvalue weighted by molar-refractivity contribution is -0.130. The van der Waals surface area contributed by atoms with E-state index in [9.17, 15) is 18.0 Å². The molecule has 2 amide bonds. The molecule has 1 aliphatic heterocycles. The number of nitrogens with zero attached hydrogens (tertiary/aromatic N) is 1. The lowest BCUT2D eigenvalue weighted by Gasteiger charge is -2.27. The number of anilines is 1. The van der Waals surface area contributed by atoms with E-state index >= 15 is 0 Å². The molecular formula is C11H11ClN2O4S. The molecule has 0 spiro atoms. The van der Waals surface area contributed by atoms with E-state index in [1.54, 1.807) is 29.2 Å². The third-order valence-electron chi connectivity index (χ3n) is 2.59. The van der Waals surface area contributed by atoms with E-state index in [2.05, 4.69) is 5.32 Å². The van der Waals surface area contributed by atoms with Gasteiger partial charge in [0.05, 0.1) is 18.8 Å². The Balaban J connectivity index is 2.14. The first kappa shape index (κ1) is 13.8. The van der Waals surface area contributed by atoms with Crippen molar-refractivity contribution in [2.75, 3.05) is 18.0 Å². The Labute approximate surface area is 114 Å². The summed E-state index contributed by atoms with van der Waals surface area (Å²) in [6.07, 6.45) is 0. The van der Waals surface area contributed by atoms with Crippen molar-refractivity contribution in [2.45, 2.75) is 5.75 Å². The van der Waals surface area contributed by atoms with Gasteiger partial charge < -0.3 is 4.90 Å². The number of imide groups is 1. The molecule has 0 bridgehead atoms. The number of hydrogen-bond acceptors (Lipinski definition) is 5. The Hall–Kier alpha value is -1.60. The number of hydrogen-bond donors (Lipinski definition) is 1. The van der Waals surface area contributed by atoms with Crippen LogP contribution >= 0.6 is 10.7 Å². The summed E-state index contributed by atoms with van der Waals surface area (Å²) in [5, 5.41) is 2.21. The summed E-state index contributed by atoms with van der Waals surface area (Å²) in [5.74, 6) is -0.971. The van der Waals surface area contributed by atoms with Gasteiger partial charge in [0.2, 0.25) is 20.9 Å². The van der Waals surface area contributed by atoms with Crippen LogP contribution in [0.1, 0.15) is 5.56 Å². The Morgan fingerprint density at radius 3 is 2.11 bits per heavy atom. The number of nitrogens with one attached hydrogen (secondary N) is 1. The lowest BCUT2D eigenvalue weighted by Crippen LogP contribution is -2.51. The second kappa shape index (κ2) is 5.18. The molecule has 0 aromatic heterocycles. The highest BCUT2D eigenvalue weighted by molar-refractivity contribution is 8.13. The van der Waals surface area contributed by atoms with Gasteiger partial charge >= 0.3 is 0 Å². The van der Waals surface area contributed by atoms with Crippen LogP contribution in [0.3, 0.4) is 0 Å². The second-order valence-electron chi connectivity index (χ2n) is 4.18. The number of carbonyl (C=O) groups is 2. The summed E-state index contributed by atoms with van der Waals surface area (Å²) < 4.78 is 21.9. The summed E-state index contributed by atoms with van der Waals surface area (Å²) >= 11 is 0. The average Bonchev–Trinajstić information content (AvgIpc) is 2.26. The van der Waals surface area contributed by atoms with Gasteiger partial charge in [0.25, 0.3) is 0 Å². The van der Waals surface area contributed by atoms with Crippen LogP contribution < -0.4 is 10.2 Å². The van der Waals surface area contributed by atoms with Gasteiger partial charge in [0, 0.05) is 16.4 Å². The van der Waals surface area contributed by atoms with Gasteiger partial charge in [-0.25, -0.2) is 8.42 Å². The summed E-state index contributed by atoms with van der Waals surface area (Å²) in [6, 6.07) is 6.52. The van der Waals surface area contributed by atoms with Crippen LogP contribution in [0.15, 0.2) is 24.3 Å². The van der Waals surface area contributed by atoms with Crippen molar-refractivity contribution >= 4 is 37.2 Å². The van der Waals surface area contributed by atoms with Crippen LogP contribution in [-0.2, 0) is 24.4 Å². The largest absolute Gasteiger partial charge is 0.353 e. The molecule has 8 heteroatoms. The molecule has 0 saturated carbocycles. The summed E-state index contributed by atoms with van der Waals surface area (Å²) in [5.41, 5.74) is 1.23. The van der Waals surface area contributed by atoms with E-state index in [1.165, 1.54) is 0 Å². The monoisotopic (exact) mass is 302 g/mol. The number of carbonyl (C=O) groups excluding carboxylic acids is 2. The van der Waals surface area contributed by atoms with Crippen LogP contribution in [0, 0.1) is 0 Å². The molecule has 1 N–H and O–H groups in total. The number of benzene rings is 1. The molecule has 0 radical (unpaired) electrons. The zero-order chi connectivity index (χ0) is 14.0. The first-order valence-electron chi connectivity index (χ1n) is 5.42. The van der Waals surface area contributed by atoms with Crippen molar-refractivity contribution in [3.05, 3.63) is 29.8 Å². The lowest BCUT2D eigenvalue weighted by atomic mass is 10.2. The number of halogens is 1. The molecule has 2 rings (SSSR count). The third kappa shape index (κ3) is 3.93. The SMILES string of the molecule is O=C1CN(c2ccc(CS(=O)(=O)Cl)cc2)CC(=O)N1. The van der Waals surface area contributed by atoms with E-state index in [4.69, 9.17) is 10.7 Å². The summed E-state index contributed by atoms with van der Waals surface area (Å²) in [7, 11) is 1.57. The molecule has 102 valence electrons. The van der Waals surface area contributed by atoms with E-state index in [1.807, 2.05) is 0 Å². The zero-order valence-corrected chi connectivity index (χ0v) is 11.4. The highest BCUT2D eigenvalue weighted by Gasteiger charge is 2.22. The Kier molecular flexibility index (Phi) is 3.77. The van der Waals surface area contributed by atoms with E-state index in [0.717, 1.165) is 0 Å². The smallest absolute Gasteiger partial charge is 0.246 e. The molecule has 1 saturated heterocycles. The normalized spacial score (nSPS) is 16.4. The van der Waals surface area contributed by atoms with E-state index in [-0.39, 0.29) is 30.7 Å². The molecule has 0 atom stereocenters. The molecular weight excluding hydrogens is 292 g/mol. The summed E-state index contributed by atoms with van der Waals surface area (Å²) in [4.78, 5) is 24.1. The minimum Gasteiger partial charge on any atom is -0.353 e. The molecule has 6 nitrogen and oxygen atoms in total. The fourth-order valence-corrected chi connectivity index (χ4v) is 2.79. The van der Waals surface area contributed by atoms with Crippen LogP contribution in [0.25, 0.3) is 0 Å². The number of rotatable bonds is 3. The molecule has 0 unspecified atom stereocenters. The van der Waals surface area contributed by atoms with Gasteiger partial charge in [0.15, 0.2) is 0 Å².